The first-order valence-electron chi connectivity index (χ1n) is 8.50. The summed E-state index contributed by atoms with van der Waals surface area (Å²) in [5.74, 6) is -0.608. The number of ether oxygens (including phenoxy) is 1. The van der Waals surface area contributed by atoms with Crippen molar-refractivity contribution in [3.05, 3.63) is 82.9 Å². The Kier molecular flexibility index (Phi) is 4.30. The predicted molar refractivity (Wildman–Crippen MR) is 102 cm³/mol. The number of fused-ring (bicyclic) bond motifs is 1. The van der Waals surface area contributed by atoms with E-state index in [0.29, 0.717) is 17.0 Å². The summed E-state index contributed by atoms with van der Waals surface area (Å²) in [4.78, 5) is 31.6. The van der Waals surface area contributed by atoms with Gasteiger partial charge in [-0.3, -0.25) is 9.78 Å². The maximum atomic E-state index is 12.3. The monoisotopic (exact) mass is 359 g/mol. The summed E-state index contributed by atoms with van der Waals surface area (Å²) in [7, 11) is 0. The fraction of sp³-hybridized carbons (Fsp3) is 0.0952. The summed E-state index contributed by atoms with van der Waals surface area (Å²) in [6.07, 6.45) is 5.06. The normalized spacial score (nSPS) is 14.1. The molecule has 0 radical (unpaired) electrons. The van der Waals surface area contributed by atoms with Crippen LogP contribution in [0.4, 0.5) is 5.69 Å². The number of rotatable bonds is 4. The van der Waals surface area contributed by atoms with Crippen LogP contribution in [0, 0.1) is 6.92 Å². The van der Waals surface area contributed by atoms with Crippen molar-refractivity contribution in [3.8, 4) is 0 Å². The molecule has 0 spiro atoms. The van der Waals surface area contributed by atoms with Crippen molar-refractivity contribution < 1.29 is 14.3 Å². The Balaban J connectivity index is 1.55. The molecule has 134 valence electrons. The number of aryl methyl sites for hydroxylation is 1. The van der Waals surface area contributed by atoms with Crippen molar-refractivity contribution in [1.82, 2.24) is 9.97 Å². The Morgan fingerprint density at radius 1 is 1.19 bits per heavy atom. The third kappa shape index (κ3) is 3.37. The standard InChI is InChI=1S/C21H17N3O3/c1-13-10-19(21(26)27-12-14-6-8-22-9-7-14)23-18(13)11-16-15-4-2-3-5-17(15)24-20(16)25/h2-11,23H,12H2,1H3,(H,24,25)/b16-11+. The van der Waals surface area contributed by atoms with E-state index in [9.17, 15) is 9.59 Å². The van der Waals surface area contributed by atoms with E-state index in [1.807, 2.05) is 31.2 Å². The lowest BCUT2D eigenvalue weighted by atomic mass is 10.1. The summed E-state index contributed by atoms with van der Waals surface area (Å²) in [5.41, 5.74) is 4.96. The Hall–Kier alpha value is -3.67. The number of carbonyl (C=O) groups excluding carboxylic acids is 2. The molecule has 3 heterocycles. The molecule has 0 bridgehead atoms. The number of nitrogens with zero attached hydrogens (tertiary/aromatic N) is 1. The van der Waals surface area contributed by atoms with Crippen molar-refractivity contribution in [2.45, 2.75) is 13.5 Å². The summed E-state index contributed by atoms with van der Waals surface area (Å²) in [5, 5.41) is 2.84. The Labute approximate surface area is 155 Å². The van der Waals surface area contributed by atoms with Crippen molar-refractivity contribution in [2.75, 3.05) is 5.32 Å². The van der Waals surface area contributed by atoms with Crippen molar-refractivity contribution in [2.24, 2.45) is 0 Å². The van der Waals surface area contributed by atoms with E-state index in [-0.39, 0.29) is 12.5 Å². The number of para-hydroxylation sites is 1. The topological polar surface area (TPSA) is 84.1 Å². The number of aromatic amines is 1. The number of esters is 1. The first-order valence-corrected chi connectivity index (χ1v) is 8.50. The fourth-order valence-electron chi connectivity index (χ4n) is 2.97. The molecule has 1 aromatic carbocycles. The van der Waals surface area contributed by atoms with Gasteiger partial charge in [0.1, 0.15) is 12.3 Å². The van der Waals surface area contributed by atoms with Crippen LogP contribution in [0.25, 0.3) is 11.6 Å². The molecular weight excluding hydrogens is 342 g/mol. The van der Waals surface area contributed by atoms with Crippen LogP contribution in [-0.4, -0.2) is 21.8 Å². The van der Waals surface area contributed by atoms with Crippen molar-refractivity contribution in [3.63, 3.8) is 0 Å². The van der Waals surface area contributed by atoms with Gasteiger partial charge in [0.2, 0.25) is 0 Å². The number of hydrogen-bond donors (Lipinski definition) is 2. The highest BCUT2D eigenvalue weighted by Gasteiger charge is 2.24. The van der Waals surface area contributed by atoms with E-state index in [2.05, 4.69) is 15.3 Å². The molecule has 1 aliphatic rings. The molecule has 4 rings (SSSR count). The smallest absolute Gasteiger partial charge is 0.355 e. The van der Waals surface area contributed by atoms with Crippen LogP contribution in [-0.2, 0) is 16.1 Å². The molecule has 6 heteroatoms. The van der Waals surface area contributed by atoms with E-state index in [1.54, 1.807) is 36.7 Å². The molecule has 0 aliphatic carbocycles. The number of benzene rings is 1. The summed E-state index contributed by atoms with van der Waals surface area (Å²) in [6.45, 7) is 2.05. The van der Waals surface area contributed by atoms with Crippen LogP contribution >= 0.6 is 0 Å². The van der Waals surface area contributed by atoms with Crippen LogP contribution in [0.2, 0.25) is 0 Å². The maximum Gasteiger partial charge on any atom is 0.355 e. The average molecular weight is 359 g/mol. The molecule has 0 atom stereocenters. The Morgan fingerprint density at radius 2 is 1.96 bits per heavy atom. The second-order valence-corrected chi connectivity index (χ2v) is 6.27. The quantitative estimate of drug-likeness (QED) is 0.551. The summed E-state index contributed by atoms with van der Waals surface area (Å²) >= 11 is 0. The number of amides is 1. The third-order valence-corrected chi connectivity index (χ3v) is 4.39. The van der Waals surface area contributed by atoms with Gasteiger partial charge in [0.05, 0.1) is 5.57 Å². The van der Waals surface area contributed by atoms with Crippen molar-refractivity contribution >= 4 is 29.2 Å². The van der Waals surface area contributed by atoms with Gasteiger partial charge in [0.25, 0.3) is 5.91 Å². The highest BCUT2D eigenvalue weighted by molar-refractivity contribution is 6.34. The third-order valence-electron chi connectivity index (χ3n) is 4.39. The van der Waals surface area contributed by atoms with Crippen LogP contribution in [0.3, 0.4) is 0 Å². The number of hydrogen-bond acceptors (Lipinski definition) is 4. The van der Waals surface area contributed by atoms with Gasteiger partial charge in [-0.25, -0.2) is 4.79 Å². The molecule has 0 unspecified atom stereocenters. The van der Waals surface area contributed by atoms with E-state index < -0.39 is 5.97 Å². The lowest BCUT2D eigenvalue weighted by Gasteiger charge is -2.03. The minimum absolute atomic E-state index is 0.160. The zero-order chi connectivity index (χ0) is 18.8. The molecule has 1 aliphatic heterocycles. The molecular formula is C21H17N3O3. The summed E-state index contributed by atoms with van der Waals surface area (Å²) in [6, 6.07) is 12.8. The van der Waals surface area contributed by atoms with Gasteiger partial charge in [-0.2, -0.15) is 0 Å². The van der Waals surface area contributed by atoms with Crippen molar-refractivity contribution in [1.29, 1.82) is 0 Å². The van der Waals surface area contributed by atoms with Gasteiger partial charge < -0.3 is 15.0 Å². The van der Waals surface area contributed by atoms with E-state index >= 15 is 0 Å². The minimum atomic E-state index is -0.448. The molecule has 2 aromatic heterocycles. The Bertz CT molecular complexity index is 1050. The average Bonchev–Trinajstić information content (AvgIpc) is 3.21. The van der Waals surface area contributed by atoms with Crippen LogP contribution < -0.4 is 5.32 Å². The molecule has 0 fully saturated rings. The molecule has 27 heavy (non-hydrogen) atoms. The van der Waals surface area contributed by atoms with E-state index in [0.717, 1.165) is 22.4 Å². The second kappa shape index (κ2) is 6.92. The Morgan fingerprint density at radius 3 is 2.78 bits per heavy atom. The minimum Gasteiger partial charge on any atom is -0.456 e. The number of pyridine rings is 1. The zero-order valence-corrected chi connectivity index (χ0v) is 14.7. The van der Waals surface area contributed by atoms with Gasteiger partial charge in [0, 0.05) is 29.3 Å². The molecule has 0 saturated heterocycles. The maximum absolute atomic E-state index is 12.3. The number of nitrogens with one attached hydrogen (secondary N) is 2. The van der Waals surface area contributed by atoms with Gasteiger partial charge in [-0.15, -0.1) is 0 Å². The number of aromatic nitrogens is 2. The number of anilines is 1. The highest BCUT2D eigenvalue weighted by atomic mass is 16.5. The predicted octanol–water partition coefficient (Wildman–Crippen LogP) is 3.57. The first-order chi connectivity index (χ1) is 13.1. The van der Waals surface area contributed by atoms with E-state index in [4.69, 9.17) is 4.74 Å². The van der Waals surface area contributed by atoms with Gasteiger partial charge in [-0.1, -0.05) is 18.2 Å². The van der Waals surface area contributed by atoms with Crippen LogP contribution in [0.5, 0.6) is 0 Å². The van der Waals surface area contributed by atoms with Gasteiger partial charge >= 0.3 is 5.97 Å². The lowest BCUT2D eigenvalue weighted by Crippen LogP contribution is -2.06. The van der Waals surface area contributed by atoms with Crippen LogP contribution in [0.15, 0.2) is 54.9 Å². The SMILES string of the molecule is Cc1cc(C(=O)OCc2ccncc2)[nH]c1/C=C1/C(=O)Nc2ccccc21. The molecule has 1 amide bonds. The first kappa shape index (κ1) is 16.8. The highest BCUT2D eigenvalue weighted by Crippen LogP contribution is 2.33. The molecule has 2 N–H and O–H groups in total. The number of H-pyrrole nitrogens is 1. The van der Waals surface area contributed by atoms with Gasteiger partial charge in [0.15, 0.2) is 0 Å². The van der Waals surface area contributed by atoms with Gasteiger partial charge in [-0.05, 0) is 48.4 Å². The zero-order valence-electron chi connectivity index (χ0n) is 14.7. The fourth-order valence-corrected chi connectivity index (χ4v) is 2.97. The largest absolute Gasteiger partial charge is 0.456 e. The lowest BCUT2D eigenvalue weighted by molar-refractivity contribution is -0.110. The summed E-state index contributed by atoms with van der Waals surface area (Å²) < 4.78 is 5.33. The second-order valence-electron chi connectivity index (χ2n) is 6.27. The molecule has 0 saturated carbocycles. The molecule has 6 nitrogen and oxygen atoms in total. The van der Waals surface area contributed by atoms with E-state index in [1.165, 1.54) is 0 Å². The molecule has 3 aromatic rings. The van der Waals surface area contributed by atoms with Crippen LogP contribution in [0.1, 0.15) is 32.9 Å². The number of carbonyl (C=O) groups is 2.